The van der Waals surface area contributed by atoms with Gasteiger partial charge in [-0.1, -0.05) is 0 Å². The topological polar surface area (TPSA) is 26.0 Å². The summed E-state index contributed by atoms with van der Waals surface area (Å²) in [6, 6.07) is 0. The van der Waals surface area contributed by atoms with Crippen molar-refractivity contribution in [1.82, 2.24) is 0 Å². The van der Waals surface area contributed by atoms with Gasteiger partial charge in [0.25, 0.3) is 0 Å². The van der Waals surface area contributed by atoms with Gasteiger partial charge in [-0.3, -0.25) is 0 Å². The second kappa shape index (κ2) is 1.76. The molecule has 0 aromatic rings. The summed E-state index contributed by atoms with van der Waals surface area (Å²) in [6.07, 6.45) is 1.19. The van der Waals surface area contributed by atoms with Gasteiger partial charge in [-0.15, -0.1) is 0 Å². The Morgan fingerprint density at radius 1 is 2.00 bits per heavy atom. The van der Waals surface area contributed by atoms with Crippen molar-refractivity contribution in [2.75, 3.05) is 0 Å². The van der Waals surface area contributed by atoms with E-state index in [0.29, 0.717) is 0 Å². The zero-order chi connectivity index (χ0) is 4.28. The van der Waals surface area contributed by atoms with E-state index in [2.05, 4.69) is 5.73 Å². The molecule has 0 radical (unpaired) electrons. The van der Waals surface area contributed by atoms with E-state index in [1.54, 1.807) is 0 Å². The first-order chi connectivity index (χ1) is 2.27. The van der Waals surface area contributed by atoms with Crippen molar-refractivity contribution in [3.8, 4) is 0 Å². The van der Waals surface area contributed by atoms with Gasteiger partial charge < -0.3 is 5.73 Å². The zero-order valence-corrected chi connectivity index (χ0v) is 3.03. The Bertz CT molecular complexity index is 44.9. The van der Waals surface area contributed by atoms with Crippen LogP contribution in [0.3, 0.4) is 0 Å². The van der Waals surface area contributed by atoms with Crippen molar-refractivity contribution in [2.24, 2.45) is 5.73 Å². The lowest BCUT2D eigenvalue weighted by atomic mass is 10.7. The Hall–Kier alpha value is -0.530. The molecular formula is C3H6FN. The third-order valence-electron chi connectivity index (χ3n) is 0.276. The van der Waals surface area contributed by atoms with E-state index in [-0.39, 0.29) is 0 Å². The molecule has 0 rings (SSSR count). The van der Waals surface area contributed by atoms with E-state index in [1.807, 2.05) is 0 Å². The minimum Gasteiger partial charge on any atom is -0.376 e. The lowest BCUT2D eigenvalue weighted by Gasteiger charge is -1.70. The molecule has 0 aromatic heterocycles. The summed E-state index contributed by atoms with van der Waals surface area (Å²) in [5.74, 6) is -0.620. The average molecular weight is 75.1 g/mol. The fourth-order valence-corrected chi connectivity index (χ4v) is 0. The van der Waals surface area contributed by atoms with Crippen LogP contribution in [-0.2, 0) is 0 Å². The van der Waals surface area contributed by atoms with Crippen LogP contribution in [-0.4, -0.2) is 0 Å². The number of hydrogen-bond acceptors (Lipinski definition) is 1. The Labute approximate surface area is 30.3 Å². The van der Waals surface area contributed by atoms with E-state index in [4.69, 9.17) is 0 Å². The summed E-state index contributed by atoms with van der Waals surface area (Å²) in [6.45, 7) is 1.54. The minimum atomic E-state index is -0.620. The first-order valence-electron chi connectivity index (χ1n) is 1.34. The average Bonchev–Trinajstić information content (AvgIpc) is 1.38. The van der Waals surface area contributed by atoms with E-state index < -0.39 is 5.95 Å². The monoisotopic (exact) mass is 75.0 g/mol. The van der Waals surface area contributed by atoms with Crippen LogP contribution in [0, 0.1) is 0 Å². The minimum absolute atomic E-state index is 0.620. The highest BCUT2D eigenvalue weighted by atomic mass is 19.1. The van der Waals surface area contributed by atoms with Crippen LogP contribution in [0.2, 0.25) is 0 Å². The molecule has 0 aliphatic heterocycles. The fraction of sp³-hybridized carbons (Fsp3) is 0.333. The highest BCUT2D eigenvalue weighted by Crippen LogP contribution is 1.77. The van der Waals surface area contributed by atoms with Gasteiger partial charge in [-0.05, 0) is 13.0 Å². The molecule has 1 nitrogen and oxygen atoms in total. The molecule has 0 amide bonds. The molecule has 0 bridgehead atoms. The third kappa shape index (κ3) is 3.47. The van der Waals surface area contributed by atoms with Crippen LogP contribution in [0.4, 0.5) is 4.39 Å². The molecule has 0 spiro atoms. The van der Waals surface area contributed by atoms with Crippen LogP contribution in [0.15, 0.2) is 12.0 Å². The second-order valence-corrected chi connectivity index (χ2v) is 0.674. The Morgan fingerprint density at radius 2 is 2.20 bits per heavy atom. The van der Waals surface area contributed by atoms with Gasteiger partial charge in [0.1, 0.15) is 0 Å². The van der Waals surface area contributed by atoms with Crippen LogP contribution in [0.5, 0.6) is 0 Å². The normalized spacial score (nSPS) is 12.0. The Balaban J connectivity index is 3.14. The number of allylic oxidation sites excluding steroid dienone is 1. The summed E-state index contributed by atoms with van der Waals surface area (Å²) in [4.78, 5) is 0. The fourth-order valence-electron chi connectivity index (χ4n) is 0. The van der Waals surface area contributed by atoms with E-state index >= 15 is 0 Å². The SMILES string of the molecule is C/C=C(/N)F. The van der Waals surface area contributed by atoms with Gasteiger partial charge >= 0.3 is 0 Å². The van der Waals surface area contributed by atoms with Crippen LogP contribution < -0.4 is 5.73 Å². The highest BCUT2D eigenvalue weighted by Gasteiger charge is 1.66. The van der Waals surface area contributed by atoms with Gasteiger partial charge in [0.05, 0.1) is 0 Å². The summed E-state index contributed by atoms with van der Waals surface area (Å²) in [5.41, 5.74) is 4.49. The van der Waals surface area contributed by atoms with Crippen molar-refractivity contribution >= 4 is 0 Å². The molecule has 2 N–H and O–H groups in total. The van der Waals surface area contributed by atoms with Crippen LogP contribution in [0.1, 0.15) is 6.92 Å². The molecule has 0 heterocycles. The van der Waals surface area contributed by atoms with Gasteiger partial charge in [-0.2, -0.15) is 4.39 Å². The second-order valence-electron chi connectivity index (χ2n) is 0.674. The van der Waals surface area contributed by atoms with Crippen LogP contribution >= 0.6 is 0 Å². The van der Waals surface area contributed by atoms with E-state index in [1.165, 1.54) is 13.0 Å². The van der Waals surface area contributed by atoms with Gasteiger partial charge in [0.15, 0.2) is 5.95 Å². The summed E-state index contributed by atoms with van der Waals surface area (Å²) >= 11 is 0. The highest BCUT2D eigenvalue weighted by molar-refractivity contribution is 4.78. The first kappa shape index (κ1) is 4.47. The molecule has 5 heavy (non-hydrogen) atoms. The van der Waals surface area contributed by atoms with Gasteiger partial charge in [0, 0.05) is 0 Å². The van der Waals surface area contributed by atoms with E-state index in [0.717, 1.165) is 0 Å². The predicted molar refractivity (Wildman–Crippen MR) is 19.1 cm³/mol. The Kier molecular flexibility index (Phi) is 1.57. The molecular weight excluding hydrogens is 69.0 g/mol. The summed E-state index contributed by atoms with van der Waals surface area (Å²) in [5, 5.41) is 0. The molecule has 0 atom stereocenters. The van der Waals surface area contributed by atoms with Crippen molar-refractivity contribution in [3.63, 3.8) is 0 Å². The standard InChI is InChI=1S/C3H6FN/c1-2-3(4)5/h2H,5H2,1H3/b3-2+. The van der Waals surface area contributed by atoms with Crippen molar-refractivity contribution in [2.45, 2.75) is 6.92 Å². The van der Waals surface area contributed by atoms with E-state index in [9.17, 15) is 4.39 Å². The summed E-state index contributed by atoms with van der Waals surface area (Å²) in [7, 11) is 0. The third-order valence-corrected chi connectivity index (χ3v) is 0.276. The molecule has 0 unspecified atom stereocenters. The molecule has 0 fully saturated rings. The summed E-state index contributed by atoms with van der Waals surface area (Å²) < 4.78 is 11.1. The molecule has 0 aromatic carbocycles. The number of nitrogens with two attached hydrogens (primary N) is 1. The maximum Gasteiger partial charge on any atom is 0.180 e. The van der Waals surface area contributed by atoms with Crippen molar-refractivity contribution < 1.29 is 4.39 Å². The lowest BCUT2D eigenvalue weighted by molar-refractivity contribution is 0.625. The van der Waals surface area contributed by atoms with Crippen molar-refractivity contribution in [3.05, 3.63) is 12.0 Å². The quantitative estimate of drug-likeness (QED) is 0.423. The first-order valence-corrected chi connectivity index (χ1v) is 1.34. The molecule has 0 aliphatic rings. The molecule has 30 valence electrons. The number of hydrogen-bond donors (Lipinski definition) is 1. The van der Waals surface area contributed by atoms with Crippen molar-refractivity contribution in [1.29, 1.82) is 0 Å². The smallest absolute Gasteiger partial charge is 0.180 e. The predicted octanol–water partition coefficient (Wildman–Crippen LogP) is 0.776. The number of rotatable bonds is 0. The largest absolute Gasteiger partial charge is 0.376 e. The van der Waals surface area contributed by atoms with Gasteiger partial charge in [0.2, 0.25) is 0 Å². The molecule has 0 saturated heterocycles. The molecule has 2 heteroatoms. The number of halogens is 1. The lowest BCUT2D eigenvalue weighted by Crippen LogP contribution is -1.84. The maximum absolute atomic E-state index is 11.1. The zero-order valence-electron chi connectivity index (χ0n) is 3.03. The molecule has 0 saturated carbocycles. The molecule has 0 aliphatic carbocycles. The van der Waals surface area contributed by atoms with Crippen LogP contribution in [0.25, 0.3) is 0 Å². The van der Waals surface area contributed by atoms with Gasteiger partial charge in [-0.25, -0.2) is 0 Å². The maximum atomic E-state index is 11.1. The Morgan fingerprint density at radius 3 is 2.20 bits per heavy atom.